The molecule has 1 heterocycles. The lowest BCUT2D eigenvalue weighted by molar-refractivity contribution is -0.121. The van der Waals surface area contributed by atoms with Gasteiger partial charge in [-0.3, -0.25) is 4.79 Å². The maximum Gasteiger partial charge on any atom is 0.224 e. The number of rotatable bonds is 4. The van der Waals surface area contributed by atoms with Crippen LogP contribution in [-0.4, -0.2) is 25.0 Å². The molecular weight excluding hydrogens is 353 g/mol. The number of nitrogens with zero attached hydrogens (tertiary/aromatic N) is 2. The minimum Gasteiger partial charge on any atom is -0.367 e. The van der Waals surface area contributed by atoms with Crippen LogP contribution in [0.25, 0.3) is 0 Å². The third-order valence-corrected chi connectivity index (χ3v) is 4.69. The van der Waals surface area contributed by atoms with E-state index in [1.165, 1.54) is 6.07 Å². The maximum absolute atomic E-state index is 14.2. The number of piperidine rings is 1. The number of hydrogen-bond donors (Lipinski definition) is 1. The molecule has 0 aliphatic carbocycles. The predicted octanol–water partition coefficient (Wildman–Crippen LogP) is 3.68. The van der Waals surface area contributed by atoms with Gasteiger partial charge in [0.05, 0.1) is 23.7 Å². The highest BCUT2D eigenvalue weighted by molar-refractivity contribution is 6.30. The standard InChI is InChI=1S/C20H19ClFN3O/c21-16-4-1-3-14(9-16)11-20(26)24-17-5-2-8-25(13-17)19-7-6-15(12-23)10-18(19)22/h1,3-4,6-7,9-10,17H,2,5,8,11,13H2,(H,24,26). The molecule has 0 bridgehead atoms. The van der Waals surface area contributed by atoms with E-state index in [-0.39, 0.29) is 18.4 Å². The molecule has 0 saturated carbocycles. The zero-order valence-electron chi connectivity index (χ0n) is 14.2. The van der Waals surface area contributed by atoms with E-state index in [2.05, 4.69) is 5.32 Å². The molecule has 2 aromatic rings. The number of anilines is 1. The van der Waals surface area contributed by atoms with Crippen LogP contribution in [-0.2, 0) is 11.2 Å². The van der Waals surface area contributed by atoms with Gasteiger partial charge in [-0.1, -0.05) is 23.7 Å². The van der Waals surface area contributed by atoms with Gasteiger partial charge in [0, 0.05) is 24.2 Å². The Bertz CT molecular complexity index is 849. The van der Waals surface area contributed by atoms with Crippen LogP contribution in [0.5, 0.6) is 0 Å². The zero-order chi connectivity index (χ0) is 18.5. The van der Waals surface area contributed by atoms with Gasteiger partial charge in [-0.25, -0.2) is 4.39 Å². The van der Waals surface area contributed by atoms with Gasteiger partial charge in [0.15, 0.2) is 0 Å². The van der Waals surface area contributed by atoms with Crippen molar-refractivity contribution >= 4 is 23.2 Å². The Morgan fingerprint density at radius 2 is 2.19 bits per heavy atom. The summed E-state index contributed by atoms with van der Waals surface area (Å²) in [5, 5.41) is 12.5. The second-order valence-electron chi connectivity index (χ2n) is 6.44. The van der Waals surface area contributed by atoms with Crippen molar-refractivity contribution in [3.05, 3.63) is 64.4 Å². The molecule has 1 amide bonds. The van der Waals surface area contributed by atoms with E-state index >= 15 is 0 Å². The molecule has 26 heavy (non-hydrogen) atoms. The Hall–Kier alpha value is -2.58. The Balaban J connectivity index is 1.61. The van der Waals surface area contributed by atoms with Crippen molar-refractivity contribution in [3.63, 3.8) is 0 Å². The molecule has 1 aliphatic heterocycles. The lowest BCUT2D eigenvalue weighted by atomic mass is 10.0. The average molecular weight is 372 g/mol. The Kier molecular flexibility index (Phi) is 5.75. The molecule has 1 atom stereocenters. The van der Waals surface area contributed by atoms with Crippen LogP contribution in [0.4, 0.5) is 10.1 Å². The van der Waals surface area contributed by atoms with E-state index in [9.17, 15) is 9.18 Å². The molecule has 3 rings (SSSR count). The normalized spacial score (nSPS) is 16.8. The van der Waals surface area contributed by atoms with Crippen molar-refractivity contribution in [1.82, 2.24) is 5.32 Å². The fourth-order valence-electron chi connectivity index (χ4n) is 3.26. The van der Waals surface area contributed by atoms with Crippen molar-refractivity contribution in [2.45, 2.75) is 25.3 Å². The molecule has 0 spiro atoms. The molecule has 1 fully saturated rings. The third kappa shape index (κ3) is 4.53. The first-order valence-corrected chi connectivity index (χ1v) is 8.91. The Morgan fingerprint density at radius 1 is 1.35 bits per heavy atom. The van der Waals surface area contributed by atoms with Crippen LogP contribution in [0.3, 0.4) is 0 Å². The van der Waals surface area contributed by atoms with Gasteiger partial charge in [-0.05, 0) is 48.7 Å². The van der Waals surface area contributed by atoms with Crippen LogP contribution in [0, 0.1) is 17.1 Å². The summed E-state index contributed by atoms with van der Waals surface area (Å²) in [7, 11) is 0. The number of halogens is 2. The highest BCUT2D eigenvalue weighted by Crippen LogP contribution is 2.24. The number of nitrogens with one attached hydrogen (secondary N) is 1. The zero-order valence-corrected chi connectivity index (χ0v) is 15.0. The number of carbonyl (C=O) groups is 1. The van der Waals surface area contributed by atoms with Crippen LogP contribution in [0.15, 0.2) is 42.5 Å². The van der Waals surface area contributed by atoms with Crippen molar-refractivity contribution in [2.24, 2.45) is 0 Å². The van der Waals surface area contributed by atoms with Gasteiger partial charge < -0.3 is 10.2 Å². The van der Waals surface area contributed by atoms with Gasteiger partial charge in [-0.2, -0.15) is 5.26 Å². The van der Waals surface area contributed by atoms with Gasteiger partial charge >= 0.3 is 0 Å². The van der Waals surface area contributed by atoms with Crippen LogP contribution >= 0.6 is 11.6 Å². The first kappa shape index (κ1) is 18.2. The van der Waals surface area contributed by atoms with Gasteiger partial charge in [0.25, 0.3) is 0 Å². The van der Waals surface area contributed by atoms with Crippen molar-refractivity contribution < 1.29 is 9.18 Å². The molecule has 134 valence electrons. The van der Waals surface area contributed by atoms with E-state index in [0.29, 0.717) is 22.8 Å². The third-order valence-electron chi connectivity index (χ3n) is 4.46. The summed E-state index contributed by atoms with van der Waals surface area (Å²) >= 11 is 5.95. The summed E-state index contributed by atoms with van der Waals surface area (Å²) in [5.41, 5.74) is 1.63. The highest BCUT2D eigenvalue weighted by Gasteiger charge is 2.23. The molecule has 1 aliphatic rings. The maximum atomic E-state index is 14.2. The Labute approximate surface area is 157 Å². The van der Waals surface area contributed by atoms with E-state index in [1.54, 1.807) is 24.3 Å². The Morgan fingerprint density at radius 3 is 2.92 bits per heavy atom. The van der Waals surface area contributed by atoms with E-state index < -0.39 is 5.82 Å². The number of benzene rings is 2. The first-order valence-electron chi connectivity index (χ1n) is 8.53. The summed E-state index contributed by atoms with van der Waals surface area (Å²) < 4.78 is 14.2. The molecule has 1 unspecified atom stereocenters. The molecule has 4 nitrogen and oxygen atoms in total. The summed E-state index contributed by atoms with van der Waals surface area (Å²) in [6, 6.07) is 13.6. The van der Waals surface area contributed by atoms with Gasteiger partial charge in [0.1, 0.15) is 5.82 Å². The molecule has 1 N–H and O–H groups in total. The second-order valence-corrected chi connectivity index (χ2v) is 6.87. The van der Waals surface area contributed by atoms with Crippen molar-refractivity contribution in [1.29, 1.82) is 5.26 Å². The first-order chi connectivity index (χ1) is 12.5. The van der Waals surface area contributed by atoms with Gasteiger partial charge in [-0.15, -0.1) is 0 Å². The minimum absolute atomic E-state index is 0.0366. The average Bonchev–Trinajstić information content (AvgIpc) is 2.61. The number of amides is 1. The summed E-state index contributed by atoms with van der Waals surface area (Å²) in [4.78, 5) is 14.2. The number of hydrogen-bond acceptors (Lipinski definition) is 3. The van der Waals surface area contributed by atoms with E-state index in [0.717, 1.165) is 24.9 Å². The summed E-state index contributed by atoms with van der Waals surface area (Å²) in [6.07, 6.45) is 1.99. The monoisotopic (exact) mass is 371 g/mol. The summed E-state index contributed by atoms with van der Waals surface area (Å²) in [5.74, 6) is -0.477. The van der Waals surface area contributed by atoms with Crippen molar-refractivity contribution in [3.8, 4) is 6.07 Å². The SMILES string of the molecule is N#Cc1ccc(N2CCCC(NC(=O)Cc3cccc(Cl)c3)C2)c(F)c1. The molecule has 0 radical (unpaired) electrons. The quantitative estimate of drug-likeness (QED) is 0.892. The largest absolute Gasteiger partial charge is 0.367 e. The molecule has 1 saturated heterocycles. The fraction of sp³-hybridized carbons (Fsp3) is 0.300. The second kappa shape index (κ2) is 8.20. The van der Waals surface area contributed by atoms with Gasteiger partial charge in [0.2, 0.25) is 5.91 Å². The number of nitriles is 1. The molecular formula is C20H19ClFN3O. The van der Waals surface area contributed by atoms with Crippen LogP contribution < -0.4 is 10.2 Å². The lowest BCUT2D eigenvalue weighted by Crippen LogP contribution is -2.48. The lowest BCUT2D eigenvalue weighted by Gasteiger charge is -2.35. The smallest absolute Gasteiger partial charge is 0.224 e. The van der Waals surface area contributed by atoms with E-state index in [1.807, 2.05) is 23.1 Å². The molecule has 0 aromatic heterocycles. The van der Waals surface area contributed by atoms with Crippen molar-refractivity contribution in [2.75, 3.05) is 18.0 Å². The van der Waals surface area contributed by atoms with Crippen LogP contribution in [0.1, 0.15) is 24.0 Å². The van der Waals surface area contributed by atoms with Crippen LogP contribution in [0.2, 0.25) is 5.02 Å². The number of carbonyl (C=O) groups excluding carboxylic acids is 1. The predicted molar refractivity (Wildman–Crippen MR) is 99.6 cm³/mol. The highest BCUT2D eigenvalue weighted by atomic mass is 35.5. The molecule has 6 heteroatoms. The fourth-order valence-corrected chi connectivity index (χ4v) is 3.47. The topological polar surface area (TPSA) is 56.1 Å². The summed E-state index contributed by atoms with van der Waals surface area (Å²) in [6.45, 7) is 1.27. The van der Waals surface area contributed by atoms with E-state index in [4.69, 9.17) is 16.9 Å². The minimum atomic E-state index is -0.407. The molecule has 2 aromatic carbocycles.